The van der Waals surface area contributed by atoms with E-state index in [1.807, 2.05) is 24.3 Å². The quantitative estimate of drug-likeness (QED) is 0.599. The van der Waals surface area contributed by atoms with E-state index in [-0.39, 0.29) is 18.4 Å². The van der Waals surface area contributed by atoms with Gasteiger partial charge in [0.1, 0.15) is 22.8 Å². The third kappa shape index (κ3) is 4.87. The molecule has 9 nitrogen and oxygen atoms in total. The van der Waals surface area contributed by atoms with Gasteiger partial charge in [0.05, 0.1) is 13.7 Å². The monoisotopic (exact) mass is 436 g/mol. The molecule has 1 aromatic carbocycles. The lowest BCUT2D eigenvalue weighted by Gasteiger charge is -2.27. The first kappa shape index (κ1) is 21.7. The van der Waals surface area contributed by atoms with Gasteiger partial charge >= 0.3 is 0 Å². The average Bonchev–Trinajstić information content (AvgIpc) is 3.31. The van der Waals surface area contributed by atoms with Crippen molar-refractivity contribution in [2.75, 3.05) is 25.1 Å². The van der Waals surface area contributed by atoms with Crippen LogP contribution in [0.2, 0.25) is 0 Å². The van der Waals surface area contributed by atoms with E-state index in [4.69, 9.17) is 14.3 Å². The van der Waals surface area contributed by atoms with E-state index in [0.29, 0.717) is 23.0 Å². The highest BCUT2D eigenvalue weighted by atomic mass is 16.6. The molecule has 32 heavy (non-hydrogen) atoms. The third-order valence-corrected chi connectivity index (χ3v) is 5.53. The number of piperidine rings is 1. The van der Waals surface area contributed by atoms with Crippen molar-refractivity contribution < 1.29 is 14.2 Å². The van der Waals surface area contributed by atoms with Crippen molar-refractivity contribution in [2.24, 2.45) is 0 Å². The van der Waals surface area contributed by atoms with E-state index in [1.54, 1.807) is 13.2 Å². The van der Waals surface area contributed by atoms with Crippen LogP contribution in [0.15, 0.2) is 35.0 Å². The van der Waals surface area contributed by atoms with Crippen molar-refractivity contribution in [3.8, 4) is 17.0 Å². The maximum Gasteiger partial charge on any atom is 0.270 e. The van der Waals surface area contributed by atoms with Crippen molar-refractivity contribution in [3.05, 3.63) is 47.4 Å². The number of nitrogens with zero attached hydrogens (tertiary/aromatic N) is 5. The molecule has 0 atom stereocenters. The van der Waals surface area contributed by atoms with E-state index in [1.165, 1.54) is 6.42 Å². The number of nitrogens with one attached hydrogen (secondary N) is 1. The summed E-state index contributed by atoms with van der Waals surface area (Å²) in [5.74, 6) is 1.28. The summed E-state index contributed by atoms with van der Waals surface area (Å²) in [6.45, 7) is 6.12. The van der Waals surface area contributed by atoms with Gasteiger partial charge in [0.2, 0.25) is 5.95 Å². The molecule has 1 aliphatic rings. The highest BCUT2D eigenvalue weighted by Gasteiger charge is 2.20. The van der Waals surface area contributed by atoms with Crippen LogP contribution in [0.1, 0.15) is 60.9 Å². The molecule has 1 fully saturated rings. The molecular formula is C23H28N6O3. The average molecular weight is 437 g/mol. The fourth-order valence-electron chi connectivity index (χ4n) is 3.65. The Morgan fingerprint density at radius 3 is 2.56 bits per heavy atom. The van der Waals surface area contributed by atoms with Crippen molar-refractivity contribution in [2.45, 2.75) is 45.6 Å². The summed E-state index contributed by atoms with van der Waals surface area (Å²) in [7, 11) is 1.61. The first-order valence-corrected chi connectivity index (χ1v) is 10.9. The van der Waals surface area contributed by atoms with Crippen LogP contribution >= 0.6 is 0 Å². The lowest BCUT2D eigenvalue weighted by molar-refractivity contribution is 0.0944. The predicted octanol–water partition coefficient (Wildman–Crippen LogP) is 3.58. The summed E-state index contributed by atoms with van der Waals surface area (Å²) in [4.78, 5) is 24.4. The van der Waals surface area contributed by atoms with Crippen LogP contribution in [0.4, 0.5) is 5.95 Å². The number of aromatic nitrogens is 4. The third-order valence-electron chi connectivity index (χ3n) is 5.53. The van der Waals surface area contributed by atoms with Gasteiger partial charge in [0.15, 0.2) is 0 Å². The first-order chi connectivity index (χ1) is 15.5. The van der Waals surface area contributed by atoms with E-state index < -0.39 is 0 Å². The summed E-state index contributed by atoms with van der Waals surface area (Å²) in [5, 5.41) is 10.9. The van der Waals surface area contributed by atoms with Crippen molar-refractivity contribution in [3.63, 3.8) is 0 Å². The van der Waals surface area contributed by atoms with Crippen LogP contribution in [-0.2, 0) is 6.54 Å². The number of amides is 1. The van der Waals surface area contributed by atoms with Gasteiger partial charge in [0.25, 0.3) is 5.91 Å². The molecule has 0 aliphatic carbocycles. The Kier molecular flexibility index (Phi) is 6.63. The van der Waals surface area contributed by atoms with Crippen LogP contribution in [0.3, 0.4) is 0 Å². The molecular weight excluding hydrogens is 408 g/mol. The summed E-state index contributed by atoms with van der Waals surface area (Å²) in [5.41, 5.74) is 3.15. The second-order valence-corrected chi connectivity index (χ2v) is 8.15. The van der Waals surface area contributed by atoms with E-state index in [0.717, 1.165) is 42.9 Å². The number of carbonyl (C=O) groups excluding carboxylic acids is 1. The van der Waals surface area contributed by atoms with Crippen LogP contribution in [0, 0.1) is 0 Å². The number of hydrogen-bond acceptors (Lipinski definition) is 8. The highest BCUT2D eigenvalue weighted by molar-refractivity contribution is 5.92. The number of ether oxygens (including phenoxy) is 1. The number of methoxy groups -OCH3 is 1. The summed E-state index contributed by atoms with van der Waals surface area (Å²) >= 11 is 0. The fraction of sp³-hybridized carbons (Fsp3) is 0.435. The molecule has 4 rings (SSSR count). The minimum absolute atomic E-state index is 0.170. The summed E-state index contributed by atoms with van der Waals surface area (Å²) in [6.07, 6.45) is 3.45. The SMILES string of the molecule is COc1ccc(-c2nonc2CNC(=O)c2cc(C(C)C)nc(N3CCCCC3)n2)cc1. The second-order valence-electron chi connectivity index (χ2n) is 8.15. The van der Waals surface area contributed by atoms with E-state index >= 15 is 0 Å². The standard InChI is InChI=1S/C23H28N6O3/c1-15(2)18-13-19(26-23(25-18)29-11-5-4-6-12-29)22(30)24-14-20-21(28-32-27-20)16-7-9-17(31-3)10-8-16/h7-10,13,15H,4-6,11-12,14H2,1-3H3,(H,24,30). The van der Waals surface area contributed by atoms with Gasteiger partial charge in [-0.3, -0.25) is 4.79 Å². The lowest BCUT2D eigenvalue weighted by Crippen LogP contribution is -2.32. The normalized spacial score (nSPS) is 13.9. The van der Waals surface area contributed by atoms with Gasteiger partial charge in [-0.1, -0.05) is 19.0 Å². The minimum Gasteiger partial charge on any atom is -0.497 e. The summed E-state index contributed by atoms with van der Waals surface area (Å²) in [6, 6.07) is 9.17. The molecule has 1 N–H and O–H groups in total. The molecule has 0 unspecified atom stereocenters. The van der Waals surface area contributed by atoms with Gasteiger partial charge in [-0.25, -0.2) is 14.6 Å². The number of hydrogen-bond donors (Lipinski definition) is 1. The number of benzene rings is 1. The summed E-state index contributed by atoms with van der Waals surface area (Å²) < 4.78 is 10.1. The molecule has 1 amide bonds. The van der Waals surface area contributed by atoms with E-state index in [9.17, 15) is 4.79 Å². The van der Waals surface area contributed by atoms with Gasteiger partial charge < -0.3 is 15.0 Å². The molecule has 3 aromatic rings. The largest absolute Gasteiger partial charge is 0.497 e. The molecule has 0 bridgehead atoms. The van der Waals surface area contributed by atoms with Gasteiger partial charge in [-0.15, -0.1) is 0 Å². The zero-order valence-electron chi connectivity index (χ0n) is 18.7. The molecule has 1 aliphatic heterocycles. The maximum absolute atomic E-state index is 13.0. The van der Waals surface area contributed by atoms with Crippen molar-refractivity contribution in [1.82, 2.24) is 25.6 Å². The Labute approximate surface area is 187 Å². The molecule has 3 heterocycles. The highest BCUT2D eigenvalue weighted by Crippen LogP contribution is 2.24. The van der Waals surface area contributed by atoms with E-state index in [2.05, 4.69) is 39.4 Å². The van der Waals surface area contributed by atoms with Crippen molar-refractivity contribution in [1.29, 1.82) is 0 Å². The zero-order chi connectivity index (χ0) is 22.5. The maximum atomic E-state index is 13.0. The number of carbonyl (C=O) groups is 1. The zero-order valence-corrected chi connectivity index (χ0v) is 18.7. The molecule has 9 heteroatoms. The second kappa shape index (κ2) is 9.76. The van der Waals surface area contributed by atoms with Gasteiger partial charge in [0, 0.05) is 24.3 Å². The minimum atomic E-state index is -0.281. The fourth-order valence-corrected chi connectivity index (χ4v) is 3.65. The lowest BCUT2D eigenvalue weighted by atomic mass is 10.1. The van der Waals surface area contributed by atoms with Crippen LogP contribution in [0.5, 0.6) is 5.75 Å². The molecule has 0 spiro atoms. The topological polar surface area (TPSA) is 106 Å². The molecule has 2 aromatic heterocycles. The van der Waals surface area contributed by atoms with Crippen molar-refractivity contribution >= 4 is 11.9 Å². The molecule has 0 saturated carbocycles. The smallest absolute Gasteiger partial charge is 0.270 e. The number of rotatable bonds is 7. The molecule has 1 saturated heterocycles. The Morgan fingerprint density at radius 1 is 1.12 bits per heavy atom. The van der Waals surface area contributed by atoms with Crippen LogP contribution in [-0.4, -0.2) is 46.4 Å². The Bertz CT molecular complexity index is 1060. The Morgan fingerprint density at radius 2 is 1.88 bits per heavy atom. The van der Waals surface area contributed by atoms with Gasteiger partial charge in [-0.05, 0) is 60.7 Å². The predicted molar refractivity (Wildman–Crippen MR) is 120 cm³/mol. The van der Waals surface area contributed by atoms with Gasteiger partial charge in [-0.2, -0.15) is 0 Å². The first-order valence-electron chi connectivity index (χ1n) is 10.9. The van der Waals surface area contributed by atoms with Crippen LogP contribution < -0.4 is 15.0 Å². The molecule has 0 radical (unpaired) electrons. The molecule has 168 valence electrons. The Balaban J connectivity index is 1.51. The number of anilines is 1. The van der Waals surface area contributed by atoms with Crippen LogP contribution in [0.25, 0.3) is 11.3 Å². The Hall–Kier alpha value is -3.49.